The summed E-state index contributed by atoms with van der Waals surface area (Å²) in [6.07, 6.45) is 7.84. The lowest BCUT2D eigenvalue weighted by molar-refractivity contribution is -0.119. The van der Waals surface area contributed by atoms with E-state index in [4.69, 9.17) is 0 Å². The largest absolute Gasteiger partial charge is 0.298 e. The predicted octanol–water partition coefficient (Wildman–Crippen LogP) is 2.02. The lowest BCUT2D eigenvalue weighted by Gasteiger charge is -2.18. The van der Waals surface area contributed by atoms with Gasteiger partial charge in [0.15, 0.2) is 0 Å². The van der Waals surface area contributed by atoms with Gasteiger partial charge in [-0.15, -0.1) is 11.8 Å². The summed E-state index contributed by atoms with van der Waals surface area (Å²) in [5.41, 5.74) is 0. The number of carbonyl (C=O) groups excluding carboxylic acids is 1. The standard InChI is InChI=1S/C10H14N2OS/c1-12-7-8(6-11-12)14-10-5-3-2-4-9(10)13/h6-7,10H,2-5H2,1H3. The fourth-order valence-electron chi connectivity index (χ4n) is 1.70. The zero-order valence-corrected chi connectivity index (χ0v) is 9.09. The zero-order valence-electron chi connectivity index (χ0n) is 8.27. The van der Waals surface area contributed by atoms with Gasteiger partial charge >= 0.3 is 0 Å². The van der Waals surface area contributed by atoms with E-state index in [1.54, 1.807) is 16.4 Å². The Morgan fingerprint density at radius 2 is 2.43 bits per heavy atom. The van der Waals surface area contributed by atoms with Crippen LogP contribution in [0.1, 0.15) is 25.7 Å². The summed E-state index contributed by atoms with van der Waals surface area (Å²) in [6, 6.07) is 0. The van der Waals surface area contributed by atoms with Crippen molar-refractivity contribution in [1.29, 1.82) is 0 Å². The summed E-state index contributed by atoms with van der Waals surface area (Å²) in [4.78, 5) is 12.7. The van der Waals surface area contributed by atoms with Crippen molar-refractivity contribution >= 4 is 17.5 Å². The summed E-state index contributed by atoms with van der Waals surface area (Å²) in [7, 11) is 1.90. The molecule has 4 heteroatoms. The van der Waals surface area contributed by atoms with Crippen molar-refractivity contribution in [2.24, 2.45) is 7.05 Å². The predicted molar refractivity (Wildman–Crippen MR) is 56.3 cm³/mol. The van der Waals surface area contributed by atoms with Crippen LogP contribution in [0.5, 0.6) is 0 Å². The van der Waals surface area contributed by atoms with Crippen molar-refractivity contribution < 1.29 is 4.79 Å². The number of thioether (sulfide) groups is 1. The van der Waals surface area contributed by atoms with Crippen molar-refractivity contribution in [2.45, 2.75) is 35.8 Å². The molecule has 2 rings (SSSR count). The van der Waals surface area contributed by atoms with Crippen molar-refractivity contribution in [1.82, 2.24) is 9.78 Å². The molecule has 3 nitrogen and oxygen atoms in total. The van der Waals surface area contributed by atoms with Crippen LogP contribution >= 0.6 is 11.8 Å². The van der Waals surface area contributed by atoms with Crippen LogP contribution in [0.3, 0.4) is 0 Å². The van der Waals surface area contributed by atoms with Crippen LogP contribution in [0.15, 0.2) is 17.3 Å². The summed E-state index contributed by atoms with van der Waals surface area (Å²) < 4.78 is 1.77. The van der Waals surface area contributed by atoms with Gasteiger partial charge in [0.05, 0.1) is 11.4 Å². The number of hydrogen-bond donors (Lipinski definition) is 0. The van der Waals surface area contributed by atoms with E-state index in [2.05, 4.69) is 5.10 Å². The van der Waals surface area contributed by atoms with E-state index in [-0.39, 0.29) is 5.25 Å². The highest BCUT2D eigenvalue weighted by Gasteiger charge is 2.23. The second kappa shape index (κ2) is 4.17. The van der Waals surface area contributed by atoms with Gasteiger partial charge in [0.2, 0.25) is 0 Å². The second-order valence-corrected chi connectivity index (χ2v) is 4.94. The SMILES string of the molecule is Cn1cc(SC2CCCCC2=O)cn1. The van der Waals surface area contributed by atoms with E-state index < -0.39 is 0 Å². The number of hydrogen-bond acceptors (Lipinski definition) is 3. The molecule has 0 bridgehead atoms. The molecule has 76 valence electrons. The van der Waals surface area contributed by atoms with Gasteiger partial charge in [0.25, 0.3) is 0 Å². The van der Waals surface area contributed by atoms with E-state index in [9.17, 15) is 4.79 Å². The Hall–Kier alpha value is -0.770. The highest BCUT2D eigenvalue weighted by Crippen LogP contribution is 2.30. The molecule has 1 aliphatic rings. The van der Waals surface area contributed by atoms with Crippen molar-refractivity contribution in [3.05, 3.63) is 12.4 Å². The van der Waals surface area contributed by atoms with Gasteiger partial charge in [0.1, 0.15) is 5.78 Å². The lowest BCUT2D eigenvalue weighted by atomic mass is 9.99. The third-order valence-corrected chi connectivity index (χ3v) is 3.72. The molecule has 1 aromatic rings. The third-order valence-electron chi connectivity index (χ3n) is 2.46. The molecular weight excluding hydrogens is 196 g/mol. The van der Waals surface area contributed by atoms with Crippen LogP contribution in [0.2, 0.25) is 0 Å². The van der Waals surface area contributed by atoms with E-state index in [1.807, 2.05) is 19.4 Å². The molecule has 1 atom stereocenters. The highest BCUT2D eigenvalue weighted by molar-refractivity contribution is 8.00. The molecule has 0 saturated heterocycles. The summed E-state index contributed by atoms with van der Waals surface area (Å²) in [6.45, 7) is 0. The van der Waals surface area contributed by atoms with Gasteiger partial charge in [-0.3, -0.25) is 9.48 Å². The number of rotatable bonds is 2. The quantitative estimate of drug-likeness (QED) is 0.749. The number of ketones is 1. The summed E-state index contributed by atoms with van der Waals surface area (Å²) in [5, 5.41) is 4.27. The summed E-state index contributed by atoms with van der Waals surface area (Å²) in [5.74, 6) is 0.408. The first-order valence-electron chi connectivity index (χ1n) is 4.94. The van der Waals surface area contributed by atoms with Gasteiger partial charge < -0.3 is 0 Å². The second-order valence-electron chi connectivity index (χ2n) is 3.67. The van der Waals surface area contributed by atoms with Crippen LogP contribution in [-0.2, 0) is 11.8 Å². The van der Waals surface area contributed by atoms with Crippen LogP contribution in [0, 0.1) is 0 Å². The van der Waals surface area contributed by atoms with Crippen LogP contribution in [0.25, 0.3) is 0 Å². The van der Waals surface area contributed by atoms with Gasteiger partial charge in [-0.05, 0) is 12.8 Å². The number of nitrogens with zero attached hydrogens (tertiary/aromatic N) is 2. The molecule has 0 aliphatic heterocycles. The molecule has 0 N–H and O–H groups in total. The Morgan fingerprint density at radius 1 is 1.57 bits per heavy atom. The third kappa shape index (κ3) is 2.18. The minimum absolute atomic E-state index is 0.174. The average molecular weight is 210 g/mol. The number of aryl methyl sites for hydroxylation is 1. The Bertz CT molecular complexity index is 335. The molecule has 1 fully saturated rings. The molecule has 1 heterocycles. The van der Waals surface area contributed by atoms with Gasteiger partial charge in [-0.1, -0.05) is 6.42 Å². The Kier molecular flexibility index (Phi) is 2.91. The van der Waals surface area contributed by atoms with Gasteiger partial charge in [-0.2, -0.15) is 5.10 Å². The topological polar surface area (TPSA) is 34.9 Å². The van der Waals surface area contributed by atoms with Crippen molar-refractivity contribution in [3.63, 3.8) is 0 Å². The Morgan fingerprint density at radius 3 is 3.07 bits per heavy atom. The number of carbonyl (C=O) groups is 1. The minimum Gasteiger partial charge on any atom is -0.298 e. The maximum Gasteiger partial charge on any atom is 0.146 e. The fourth-order valence-corrected chi connectivity index (χ4v) is 2.88. The molecule has 0 amide bonds. The average Bonchev–Trinajstić information content (AvgIpc) is 2.56. The summed E-state index contributed by atoms with van der Waals surface area (Å²) >= 11 is 1.66. The van der Waals surface area contributed by atoms with E-state index in [1.165, 1.54) is 6.42 Å². The van der Waals surface area contributed by atoms with Crippen molar-refractivity contribution in [2.75, 3.05) is 0 Å². The van der Waals surface area contributed by atoms with Crippen LogP contribution in [-0.4, -0.2) is 20.8 Å². The van der Waals surface area contributed by atoms with Crippen molar-refractivity contribution in [3.8, 4) is 0 Å². The monoisotopic (exact) mass is 210 g/mol. The normalized spacial score (nSPS) is 22.6. The molecule has 14 heavy (non-hydrogen) atoms. The van der Waals surface area contributed by atoms with E-state index in [0.717, 1.165) is 24.2 Å². The maximum absolute atomic E-state index is 11.6. The fraction of sp³-hybridized carbons (Fsp3) is 0.600. The molecular formula is C10H14N2OS. The number of Topliss-reactive ketones (excluding diaryl/α,β-unsaturated/α-hetero) is 1. The highest BCUT2D eigenvalue weighted by atomic mass is 32.2. The van der Waals surface area contributed by atoms with E-state index >= 15 is 0 Å². The van der Waals surface area contributed by atoms with Gasteiger partial charge in [0, 0.05) is 24.6 Å². The molecule has 1 saturated carbocycles. The van der Waals surface area contributed by atoms with Gasteiger partial charge in [-0.25, -0.2) is 0 Å². The molecule has 1 aromatic heterocycles. The molecule has 0 spiro atoms. The molecule has 1 aliphatic carbocycles. The van der Waals surface area contributed by atoms with Crippen LogP contribution in [0.4, 0.5) is 0 Å². The Labute approximate surface area is 87.9 Å². The molecule has 1 unspecified atom stereocenters. The zero-order chi connectivity index (χ0) is 9.97. The smallest absolute Gasteiger partial charge is 0.146 e. The molecule has 0 radical (unpaired) electrons. The lowest BCUT2D eigenvalue weighted by Crippen LogP contribution is -2.20. The first-order valence-corrected chi connectivity index (χ1v) is 5.82. The first kappa shape index (κ1) is 9.77. The van der Waals surface area contributed by atoms with Crippen LogP contribution < -0.4 is 0 Å². The molecule has 0 aromatic carbocycles. The number of aromatic nitrogens is 2. The Balaban J connectivity index is 1.99. The minimum atomic E-state index is 0.174. The van der Waals surface area contributed by atoms with E-state index in [0.29, 0.717) is 5.78 Å². The first-order chi connectivity index (χ1) is 6.75. The maximum atomic E-state index is 11.6.